The first-order chi connectivity index (χ1) is 12.0. The molecule has 1 saturated heterocycles. The van der Waals surface area contributed by atoms with Gasteiger partial charge in [-0.3, -0.25) is 0 Å². The largest absolute Gasteiger partial charge is 0.377 e. The number of nitrogens with one attached hydrogen (secondary N) is 1. The second kappa shape index (κ2) is 7.61. The number of morpholine rings is 1. The van der Waals surface area contributed by atoms with E-state index in [1.54, 1.807) is 6.21 Å². The maximum Gasteiger partial charge on any atom is 0.245 e. The molecule has 25 heavy (non-hydrogen) atoms. The van der Waals surface area contributed by atoms with E-state index in [1.165, 1.54) is 5.56 Å². The van der Waals surface area contributed by atoms with Gasteiger partial charge in [0.05, 0.1) is 25.5 Å². The standard InChI is InChI=1S/C19H25N5O/c1-13-6-5-7-17(10-13)11-20-23-19-21-16(4)15(3)18(22-19)24-8-9-25-12-14(24)2/h5-7,10-11,14H,8-9,12H2,1-4H3,(H,21,22,23)/b20-11+/t14-/m0/s1. The van der Waals surface area contributed by atoms with Gasteiger partial charge in [0.25, 0.3) is 0 Å². The lowest BCUT2D eigenvalue weighted by Crippen LogP contribution is -2.44. The van der Waals surface area contributed by atoms with E-state index in [0.717, 1.165) is 42.4 Å². The molecule has 1 aliphatic rings. The molecule has 0 spiro atoms. The van der Waals surface area contributed by atoms with Crippen molar-refractivity contribution in [3.8, 4) is 0 Å². The van der Waals surface area contributed by atoms with Gasteiger partial charge >= 0.3 is 0 Å². The molecule has 3 rings (SSSR count). The van der Waals surface area contributed by atoms with Gasteiger partial charge in [-0.15, -0.1) is 0 Å². The number of aromatic nitrogens is 2. The highest BCUT2D eigenvalue weighted by Crippen LogP contribution is 2.24. The Balaban J connectivity index is 1.80. The van der Waals surface area contributed by atoms with Gasteiger partial charge in [-0.05, 0) is 33.3 Å². The van der Waals surface area contributed by atoms with E-state index in [1.807, 2.05) is 19.1 Å². The van der Waals surface area contributed by atoms with Crippen LogP contribution < -0.4 is 10.3 Å². The lowest BCUT2D eigenvalue weighted by molar-refractivity contribution is 0.0984. The predicted octanol–water partition coefficient (Wildman–Crippen LogP) is 3.07. The van der Waals surface area contributed by atoms with Crippen molar-refractivity contribution in [1.29, 1.82) is 0 Å². The summed E-state index contributed by atoms with van der Waals surface area (Å²) in [4.78, 5) is 11.5. The topological polar surface area (TPSA) is 62.6 Å². The molecule has 0 aliphatic carbocycles. The highest BCUT2D eigenvalue weighted by molar-refractivity contribution is 5.80. The molecule has 0 saturated carbocycles. The van der Waals surface area contributed by atoms with Crippen molar-refractivity contribution in [3.05, 3.63) is 46.6 Å². The van der Waals surface area contributed by atoms with Crippen LogP contribution in [0.5, 0.6) is 0 Å². The number of hydrogen-bond donors (Lipinski definition) is 1. The van der Waals surface area contributed by atoms with Crippen LogP contribution in [-0.2, 0) is 4.74 Å². The van der Waals surface area contributed by atoms with Gasteiger partial charge in [0.1, 0.15) is 5.82 Å². The van der Waals surface area contributed by atoms with Crippen LogP contribution >= 0.6 is 0 Å². The number of nitrogens with zero attached hydrogens (tertiary/aromatic N) is 4. The molecule has 0 unspecified atom stereocenters. The van der Waals surface area contributed by atoms with Gasteiger partial charge in [-0.2, -0.15) is 10.1 Å². The van der Waals surface area contributed by atoms with Crippen molar-refractivity contribution < 1.29 is 4.74 Å². The minimum atomic E-state index is 0.297. The number of benzene rings is 1. The van der Waals surface area contributed by atoms with E-state index in [9.17, 15) is 0 Å². The fourth-order valence-corrected chi connectivity index (χ4v) is 2.90. The third-order valence-electron chi connectivity index (χ3n) is 4.42. The molecule has 1 N–H and O–H groups in total. The Bertz CT molecular complexity index is 774. The van der Waals surface area contributed by atoms with Crippen LogP contribution in [0.2, 0.25) is 0 Å². The molecule has 0 bridgehead atoms. The van der Waals surface area contributed by atoms with Crippen LogP contribution in [0.25, 0.3) is 0 Å². The van der Waals surface area contributed by atoms with Crippen LogP contribution in [0.15, 0.2) is 29.4 Å². The summed E-state index contributed by atoms with van der Waals surface area (Å²) in [6.45, 7) is 10.6. The molecule has 6 heteroatoms. The summed E-state index contributed by atoms with van der Waals surface area (Å²) >= 11 is 0. The Morgan fingerprint density at radius 1 is 1.28 bits per heavy atom. The summed E-state index contributed by atoms with van der Waals surface area (Å²) in [6.07, 6.45) is 1.78. The van der Waals surface area contributed by atoms with E-state index in [2.05, 4.69) is 53.3 Å². The van der Waals surface area contributed by atoms with Gasteiger partial charge in [-0.25, -0.2) is 10.4 Å². The molecule has 2 aromatic rings. The van der Waals surface area contributed by atoms with Crippen molar-refractivity contribution in [1.82, 2.24) is 9.97 Å². The van der Waals surface area contributed by atoms with Gasteiger partial charge in [-0.1, -0.05) is 29.8 Å². The van der Waals surface area contributed by atoms with Gasteiger partial charge in [0, 0.05) is 17.8 Å². The van der Waals surface area contributed by atoms with E-state index in [-0.39, 0.29) is 0 Å². The Hall–Kier alpha value is -2.47. The second-order valence-electron chi connectivity index (χ2n) is 6.48. The molecule has 6 nitrogen and oxygen atoms in total. The predicted molar refractivity (Wildman–Crippen MR) is 102 cm³/mol. The summed E-state index contributed by atoms with van der Waals surface area (Å²) in [6, 6.07) is 8.46. The summed E-state index contributed by atoms with van der Waals surface area (Å²) in [7, 11) is 0. The highest BCUT2D eigenvalue weighted by Gasteiger charge is 2.23. The molecule has 0 amide bonds. The summed E-state index contributed by atoms with van der Waals surface area (Å²) in [5.41, 5.74) is 7.26. The number of anilines is 2. The van der Waals surface area contributed by atoms with Crippen LogP contribution in [0.4, 0.5) is 11.8 Å². The average molecular weight is 339 g/mol. The third-order valence-corrected chi connectivity index (χ3v) is 4.42. The second-order valence-corrected chi connectivity index (χ2v) is 6.48. The van der Waals surface area contributed by atoms with Crippen molar-refractivity contribution >= 4 is 18.0 Å². The number of aryl methyl sites for hydroxylation is 2. The fraction of sp³-hybridized carbons (Fsp3) is 0.421. The van der Waals surface area contributed by atoms with E-state index >= 15 is 0 Å². The smallest absolute Gasteiger partial charge is 0.245 e. The van der Waals surface area contributed by atoms with Crippen LogP contribution in [0.1, 0.15) is 29.3 Å². The first kappa shape index (κ1) is 17.4. The van der Waals surface area contributed by atoms with E-state index in [0.29, 0.717) is 12.0 Å². The molecular weight excluding hydrogens is 314 g/mol. The molecule has 1 atom stereocenters. The third kappa shape index (κ3) is 4.14. The zero-order chi connectivity index (χ0) is 17.8. The minimum Gasteiger partial charge on any atom is -0.377 e. The Morgan fingerprint density at radius 2 is 2.12 bits per heavy atom. The normalized spacial score (nSPS) is 17.9. The Morgan fingerprint density at radius 3 is 2.88 bits per heavy atom. The van der Waals surface area contributed by atoms with Crippen molar-refractivity contribution in [2.24, 2.45) is 5.10 Å². The maximum atomic E-state index is 5.53. The van der Waals surface area contributed by atoms with E-state index in [4.69, 9.17) is 9.72 Å². The minimum absolute atomic E-state index is 0.297. The number of hydrogen-bond acceptors (Lipinski definition) is 6. The van der Waals surface area contributed by atoms with Crippen molar-refractivity contribution in [2.45, 2.75) is 33.7 Å². The van der Waals surface area contributed by atoms with Crippen LogP contribution in [-0.4, -0.2) is 42.0 Å². The van der Waals surface area contributed by atoms with Crippen molar-refractivity contribution in [2.75, 3.05) is 30.1 Å². The first-order valence-electron chi connectivity index (χ1n) is 8.60. The molecule has 132 valence electrons. The molecule has 1 aliphatic heterocycles. The number of rotatable bonds is 4. The lowest BCUT2D eigenvalue weighted by Gasteiger charge is -2.35. The molecule has 1 aromatic carbocycles. The maximum absolute atomic E-state index is 5.53. The quantitative estimate of drug-likeness (QED) is 0.685. The molecular formula is C19H25N5O. The Kier molecular flexibility index (Phi) is 5.28. The molecule has 1 aromatic heterocycles. The van der Waals surface area contributed by atoms with Gasteiger partial charge < -0.3 is 9.64 Å². The highest BCUT2D eigenvalue weighted by atomic mass is 16.5. The molecule has 2 heterocycles. The zero-order valence-electron chi connectivity index (χ0n) is 15.3. The van der Waals surface area contributed by atoms with Gasteiger partial charge in [0.2, 0.25) is 5.95 Å². The van der Waals surface area contributed by atoms with Crippen LogP contribution in [0, 0.1) is 20.8 Å². The average Bonchev–Trinajstić information content (AvgIpc) is 2.59. The number of ether oxygens (including phenoxy) is 1. The summed E-state index contributed by atoms with van der Waals surface area (Å²) in [5, 5.41) is 4.29. The lowest BCUT2D eigenvalue weighted by atomic mass is 10.2. The molecule has 0 radical (unpaired) electrons. The zero-order valence-corrected chi connectivity index (χ0v) is 15.3. The first-order valence-corrected chi connectivity index (χ1v) is 8.60. The molecule has 1 fully saturated rings. The summed E-state index contributed by atoms with van der Waals surface area (Å²) < 4.78 is 5.53. The van der Waals surface area contributed by atoms with Crippen LogP contribution in [0.3, 0.4) is 0 Å². The van der Waals surface area contributed by atoms with Gasteiger partial charge in [0.15, 0.2) is 0 Å². The van der Waals surface area contributed by atoms with E-state index < -0.39 is 0 Å². The Labute approximate surface area is 148 Å². The summed E-state index contributed by atoms with van der Waals surface area (Å²) in [5.74, 6) is 1.47. The number of hydrazone groups is 1. The fourth-order valence-electron chi connectivity index (χ4n) is 2.90. The van der Waals surface area contributed by atoms with Crippen molar-refractivity contribution in [3.63, 3.8) is 0 Å². The monoisotopic (exact) mass is 339 g/mol. The SMILES string of the molecule is Cc1cccc(/C=N/Nc2nc(C)c(C)c(N3CCOC[C@@H]3C)n2)c1.